The number of nitrogens with two attached hydrogens (primary N) is 1. The van der Waals surface area contributed by atoms with Crippen LogP contribution in [0.15, 0.2) is 18.2 Å². The number of hydrogen-bond donors (Lipinski definition) is 2. The van der Waals surface area contributed by atoms with Gasteiger partial charge in [-0.1, -0.05) is 6.07 Å². The Bertz CT molecular complexity index is 466. The van der Waals surface area contributed by atoms with Gasteiger partial charge in [0.25, 0.3) is 0 Å². The van der Waals surface area contributed by atoms with Crippen LogP contribution in [0.4, 0.5) is 5.00 Å². The molecule has 0 aliphatic heterocycles. The minimum Gasteiger partial charge on any atom is -0.392 e. The van der Waals surface area contributed by atoms with Gasteiger partial charge in [-0.15, -0.1) is 22.9 Å². The highest BCUT2D eigenvalue weighted by Crippen LogP contribution is 2.32. The number of rotatable bonds is 2. The fourth-order valence-corrected chi connectivity index (χ4v) is 2.66. The van der Waals surface area contributed by atoms with E-state index in [1.54, 1.807) is 0 Å². The molecule has 2 nitrogen and oxygen atoms in total. The lowest BCUT2D eigenvalue weighted by molar-refractivity contribution is 0.282. The molecule has 4 heteroatoms. The van der Waals surface area contributed by atoms with Crippen molar-refractivity contribution in [2.45, 2.75) is 12.5 Å². The highest BCUT2D eigenvalue weighted by Gasteiger charge is 2.08. The number of benzene rings is 1. The lowest BCUT2D eigenvalue weighted by Gasteiger charge is -2.04. The highest BCUT2D eigenvalue weighted by molar-refractivity contribution is 7.22. The molecule has 0 spiro atoms. The van der Waals surface area contributed by atoms with Gasteiger partial charge >= 0.3 is 0 Å². The maximum atomic E-state index is 9.26. The van der Waals surface area contributed by atoms with E-state index in [-0.39, 0.29) is 6.61 Å². The Morgan fingerprint density at radius 2 is 2.21 bits per heavy atom. The Kier molecular flexibility index (Phi) is 2.63. The third kappa shape index (κ3) is 1.47. The third-order valence-electron chi connectivity index (χ3n) is 2.23. The first kappa shape index (κ1) is 9.77. The van der Waals surface area contributed by atoms with Gasteiger partial charge in [0.05, 0.1) is 11.6 Å². The van der Waals surface area contributed by atoms with E-state index in [0.29, 0.717) is 5.88 Å². The molecule has 0 aliphatic carbocycles. The molecule has 14 heavy (non-hydrogen) atoms. The van der Waals surface area contributed by atoms with E-state index < -0.39 is 0 Å². The molecule has 0 atom stereocenters. The van der Waals surface area contributed by atoms with Crippen molar-refractivity contribution in [3.63, 3.8) is 0 Å². The summed E-state index contributed by atoms with van der Waals surface area (Å²) in [6, 6.07) is 5.83. The van der Waals surface area contributed by atoms with Crippen LogP contribution in [0.25, 0.3) is 10.1 Å². The van der Waals surface area contributed by atoms with E-state index in [2.05, 4.69) is 0 Å². The molecule has 0 fully saturated rings. The molecule has 0 bridgehead atoms. The summed E-state index contributed by atoms with van der Waals surface area (Å²) >= 11 is 7.30. The summed E-state index contributed by atoms with van der Waals surface area (Å²) in [6.45, 7) is 0.00949. The number of aliphatic hydroxyl groups excluding tert-OH is 1. The van der Waals surface area contributed by atoms with E-state index in [1.807, 2.05) is 18.2 Å². The minimum absolute atomic E-state index is 0.00949. The Labute approximate surface area is 90.9 Å². The Hall–Kier alpha value is -0.770. The normalized spacial score (nSPS) is 11.0. The van der Waals surface area contributed by atoms with E-state index >= 15 is 0 Å². The SMILES string of the molecule is Nc1cc2c(CO)c(CCl)ccc2s1. The molecule has 2 aromatic rings. The van der Waals surface area contributed by atoms with Crippen LogP contribution in [0.2, 0.25) is 0 Å². The summed E-state index contributed by atoms with van der Waals surface area (Å²) < 4.78 is 1.10. The largest absolute Gasteiger partial charge is 0.392 e. The van der Waals surface area contributed by atoms with Gasteiger partial charge in [0.1, 0.15) is 0 Å². The summed E-state index contributed by atoms with van der Waals surface area (Å²) in [7, 11) is 0. The summed E-state index contributed by atoms with van der Waals surface area (Å²) in [6.07, 6.45) is 0. The highest BCUT2D eigenvalue weighted by atomic mass is 35.5. The van der Waals surface area contributed by atoms with Crippen LogP contribution in [0, 0.1) is 0 Å². The Morgan fingerprint density at radius 3 is 2.86 bits per heavy atom. The van der Waals surface area contributed by atoms with Crippen LogP contribution >= 0.6 is 22.9 Å². The first-order valence-electron chi connectivity index (χ1n) is 4.23. The van der Waals surface area contributed by atoms with E-state index in [0.717, 1.165) is 26.2 Å². The fourth-order valence-electron chi connectivity index (χ4n) is 1.55. The first-order valence-corrected chi connectivity index (χ1v) is 5.58. The second-order valence-electron chi connectivity index (χ2n) is 3.06. The Morgan fingerprint density at radius 1 is 1.43 bits per heavy atom. The van der Waals surface area contributed by atoms with Crippen molar-refractivity contribution in [2.24, 2.45) is 0 Å². The van der Waals surface area contributed by atoms with Crippen LogP contribution in [0.5, 0.6) is 0 Å². The zero-order valence-corrected chi connectivity index (χ0v) is 9.03. The lowest BCUT2D eigenvalue weighted by Crippen LogP contribution is -1.91. The van der Waals surface area contributed by atoms with Crippen LogP contribution < -0.4 is 5.73 Å². The molecular formula is C10H10ClNOS. The van der Waals surface area contributed by atoms with Gasteiger partial charge in [-0.2, -0.15) is 0 Å². The number of halogens is 1. The number of aliphatic hydroxyl groups is 1. The monoisotopic (exact) mass is 227 g/mol. The molecule has 0 saturated heterocycles. The average molecular weight is 228 g/mol. The molecule has 0 aliphatic rings. The summed E-state index contributed by atoms with van der Waals surface area (Å²) in [5, 5.41) is 11.0. The average Bonchev–Trinajstić information content (AvgIpc) is 2.56. The van der Waals surface area contributed by atoms with Gasteiger partial charge < -0.3 is 10.8 Å². The summed E-state index contributed by atoms with van der Waals surface area (Å²) in [5.41, 5.74) is 7.58. The molecule has 74 valence electrons. The molecule has 1 aromatic heterocycles. The van der Waals surface area contributed by atoms with Gasteiger partial charge in [-0.25, -0.2) is 0 Å². The van der Waals surface area contributed by atoms with Crippen molar-refractivity contribution >= 4 is 38.0 Å². The Balaban J connectivity index is 2.75. The van der Waals surface area contributed by atoms with Crippen LogP contribution in [0.3, 0.4) is 0 Å². The van der Waals surface area contributed by atoms with Crippen LogP contribution in [-0.2, 0) is 12.5 Å². The van der Waals surface area contributed by atoms with Crippen LogP contribution in [0.1, 0.15) is 11.1 Å². The molecule has 0 radical (unpaired) electrons. The van der Waals surface area contributed by atoms with Gasteiger partial charge in [-0.05, 0) is 23.3 Å². The summed E-state index contributed by atoms with van der Waals surface area (Å²) in [5.74, 6) is 0.418. The standard InChI is InChI=1S/C10H10ClNOS/c11-4-6-1-2-9-7(8(6)5-13)3-10(12)14-9/h1-3,13H,4-5,12H2. The lowest BCUT2D eigenvalue weighted by atomic mass is 10.1. The van der Waals surface area contributed by atoms with Gasteiger partial charge in [0, 0.05) is 16.0 Å². The van der Waals surface area contributed by atoms with Crippen molar-refractivity contribution in [2.75, 3.05) is 5.73 Å². The maximum absolute atomic E-state index is 9.26. The zero-order chi connectivity index (χ0) is 10.1. The number of fused-ring (bicyclic) bond motifs is 1. The predicted molar refractivity (Wildman–Crippen MR) is 61.7 cm³/mol. The second-order valence-corrected chi connectivity index (χ2v) is 4.44. The van der Waals surface area contributed by atoms with E-state index in [4.69, 9.17) is 17.3 Å². The molecule has 0 unspecified atom stereocenters. The quantitative estimate of drug-likeness (QED) is 0.775. The van der Waals surface area contributed by atoms with E-state index in [9.17, 15) is 5.11 Å². The molecule has 1 heterocycles. The van der Waals surface area contributed by atoms with Crippen molar-refractivity contribution < 1.29 is 5.11 Å². The van der Waals surface area contributed by atoms with Gasteiger partial charge in [-0.3, -0.25) is 0 Å². The molecule has 0 amide bonds. The molecule has 0 saturated carbocycles. The number of thiophene rings is 1. The number of anilines is 1. The molecule has 3 N–H and O–H groups in total. The number of hydrogen-bond acceptors (Lipinski definition) is 3. The first-order chi connectivity index (χ1) is 6.76. The zero-order valence-electron chi connectivity index (χ0n) is 7.46. The van der Waals surface area contributed by atoms with Crippen molar-refractivity contribution in [1.29, 1.82) is 0 Å². The van der Waals surface area contributed by atoms with Crippen LogP contribution in [-0.4, -0.2) is 5.11 Å². The molecular weight excluding hydrogens is 218 g/mol. The maximum Gasteiger partial charge on any atom is 0.0868 e. The summed E-state index contributed by atoms with van der Waals surface area (Å²) in [4.78, 5) is 0. The third-order valence-corrected chi connectivity index (χ3v) is 3.45. The van der Waals surface area contributed by atoms with Crippen molar-refractivity contribution in [3.8, 4) is 0 Å². The van der Waals surface area contributed by atoms with Crippen molar-refractivity contribution in [3.05, 3.63) is 29.3 Å². The predicted octanol–water partition coefficient (Wildman–Crippen LogP) is 2.71. The van der Waals surface area contributed by atoms with Gasteiger partial charge in [0.15, 0.2) is 0 Å². The smallest absolute Gasteiger partial charge is 0.0868 e. The topological polar surface area (TPSA) is 46.2 Å². The second kappa shape index (κ2) is 3.77. The van der Waals surface area contributed by atoms with Gasteiger partial charge in [0.2, 0.25) is 0 Å². The minimum atomic E-state index is 0.00949. The molecule has 2 rings (SSSR count). The van der Waals surface area contributed by atoms with Crippen molar-refractivity contribution in [1.82, 2.24) is 0 Å². The molecule has 1 aromatic carbocycles. The number of nitrogen functional groups attached to an aromatic ring is 1. The fraction of sp³-hybridized carbons (Fsp3) is 0.200. The van der Waals surface area contributed by atoms with E-state index in [1.165, 1.54) is 11.3 Å². The number of alkyl halides is 1.